The first-order chi connectivity index (χ1) is 10.8. The van der Waals surface area contributed by atoms with E-state index in [4.69, 9.17) is 11.6 Å². The number of aromatic nitrogens is 2. The lowest BCUT2D eigenvalue weighted by atomic mass is 9.92. The average Bonchev–Trinajstić information content (AvgIpc) is 2.93. The largest absolute Gasteiger partial charge is 0.481 e. The summed E-state index contributed by atoms with van der Waals surface area (Å²) in [6.45, 7) is 1.92. The molecule has 2 aromatic rings. The molecule has 3 rings (SSSR count). The number of nitrogens with zero attached hydrogens (tertiary/aromatic N) is 2. The van der Waals surface area contributed by atoms with E-state index in [0.717, 1.165) is 0 Å². The molecule has 3 heterocycles. The summed E-state index contributed by atoms with van der Waals surface area (Å²) in [5.74, 6) is -1.69. The standard InChI is InChI=1S/C14H16ClN3O4S/c1-8-9(14(19)20)3-2-6-18(8)23(21,22)11-7-17-13-12(11)10(15)4-5-16-13/h4-5,7-9H,2-3,6H2,1H3,(H,16,17)(H,19,20)/t8-,9-/m1/s1. The van der Waals surface area contributed by atoms with E-state index in [-0.39, 0.29) is 16.5 Å². The number of halogens is 1. The number of carboxylic acid groups (broad SMARTS) is 1. The second-order valence-electron chi connectivity index (χ2n) is 5.61. The number of aliphatic carboxylic acids is 1. The van der Waals surface area contributed by atoms with Crippen molar-refractivity contribution in [2.75, 3.05) is 6.54 Å². The van der Waals surface area contributed by atoms with Crippen LogP contribution >= 0.6 is 11.6 Å². The number of carbonyl (C=O) groups is 1. The number of nitrogens with one attached hydrogen (secondary N) is 1. The number of hydrogen-bond donors (Lipinski definition) is 2. The summed E-state index contributed by atoms with van der Waals surface area (Å²) in [5, 5.41) is 9.90. The SMILES string of the molecule is C[C@@H]1[C@H](C(=O)O)CCCN1S(=O)(=O)c1c[nH]c2nccc(Cl)c12. The Hall–Kier alpha value is -1.64. The van der Waals surface area contributed by atoms with Gasteiger partial charge in [-0.3, -0.25) is 4.79 Å². The lowest BCUT2D eigenvalue weighted by Crippen LogP contribution is -2.48. The van der Waals surface area contributed by atoms with E-state index in [0.29, 0.717) is 23.9 Å². The summed E-state index contributed by atoms with van der Waals surface area (Å²) < 4.78 is 27.3. The minimum atomic E-state index is -3.87. The molecule has 9 heteroatoms. The summed E-state index contributed by atoms with van der Waals surface area (Å²) in [5.41, 5.74) is 0.385. The maximum atomic E-state index is 13.0. The molecule has 124 valence electrons. The molecule has 1 saturated heterocycles. The van der Waals surface area contributed by atoms with Crippen molar-refractivity contribution in [2.45, 2.75) is 30.7 Å². The van der Waals surface area contributed by atoms with Crippen LogP contribution in [0, 0.1) is 5.92 Å². The van der Waals surface area contributed by atoms with Gasteiger partial charge in [-0.2, -0.15) is 4.31 Å². The molecule has 0 spiro atoms. The monoisotopic (exact) mass is 357 g/mol. The Balaban J connectivity index is 2.08. The van der Waals surface area contributed by atoms with Crippen molar-refractivity contribution in [3.63, 3.8) is 0 Å². The van der Waals surface area contributed by atoms with Crippen LogP contribution in [0.1, 0.15) is 19.8 Å². The molecule has 0 unspecified atom stereocenters. The topological polar surface area (TPSA) is 103 Å². The zero-order valence-corrected chi connectivity index (χ0v) is 13.9. The molecular formula is C14H16ClN3O4S. The lowest BCUT2D eigenvalue weighted by Gasteiger charge is -2.36. The maximum absolute atomic E-state index is 13.0. The third-order valence-corrected chi connectivity index (χ3v) is 6.65. The van der Waals surface area contributed by atoms with Crippen LogP contribution in [0.25, 0.3) is 11.0 Å². The van der Waals surface area contributed by atoms with Gasteiger partial charge in [-0.1, -0.05) is 11.6 Å². The summed E-state index contributed by atoms with van der Waals surface area (Å²) in [6, 6.07) is 0.905. The molecule has 0 aliphatic carbocycles. The molecule has 0 aromatic carbocycles. The summed E-state index contributed by atoms with van der Waals surface area (Å²) in [4.78, 5) is 18.2. The molecule has 0 saturated carbocycles. The molecule has 2 N–H and O–H groups in total. The van der Waals surface area contributed by atoms with Gasteiger partial charge in [-0.15, -0.1) is 0 Å². The minimum Gasteiger partial charge on any atom is -0.481 e. The van der Waals surface area contributed by atoms with Crippen LogP contribution in [0.3, 0.4) is 0 Å². The van der Waals surface area contributed by atoms with Crippen molar-refractivity contribution in [3.8, 4) is 0 Å². The molecule has 2 aromatic heterocycles. The number of piperidine rings is 1. The van der Waals surface area contributed by atoms with Crippen LogP contribution in [0.4, 0.5) is 0 Å². The molecule has 1 aliphatic rings. The van der Waals surface area contributed by atoms with Gasteiger partial charge in [0.05, 0.1) is 16.3 Å². The van der Waals surface area contributed by atoms with Gasteiger partial charge in [0.25, 0.3) is 0 Å². The number of fused-ring (bicyclic) bond motifs is 1. The lowest BCUT2D eigenvalue weighted by molar-refractivity contribution is -0.144. The fourth-order valence-electron chi connectivity index (χ4n) is 3.10. The first kappa shape index (κ1) is 16.2. The highest BCUT2D eigenvalue weighted by molar-refractivity contribution is 7.89. The third-order valence-electron chi connectivity index (χ3n) is 4.32. The Kier molecular flexibility index (Phi) is 4.07. The van der Waals surface area contributed by atoms with E-state index in [2.05, 4.69) is 9.97 Å². The predicted molar refractivity (Wildman–Crippen MR) is 84.8 cm³/mol. The van der Waals surface area contributed by atoms with Gasteiger partial charge in [0.1, 0.15) is 10.5 Å². The van der Waals surface area contributed by atoms with Gasteiger partial charge in [0.2, 0.25) is 10.0 Å². The highest BCUT2D eigenvalue weighted by atomic mass is 35.5. The van der Waals surface area contributed by atoms with E-state index in [1.807, 2.05) is 0 Å². The van der Waals surface area contributed by atoms with Crippen LogP contribution in [0.2, 0.25) is 5.02 Å². The molecule has 23 heavy (non-hydrogen) atoms. The zero-order valence-electron chi connectivity index (χ0n) is 12.4. The molecule has 0 amide bonds. The Bertz CT molecular complexity index is 864. The van der Waals surface area contributed by atoms with E-state index >= 15 is 0 Å². The van der Waals surface area contributed by atoms with Crippen molar-refractivity contribution in [1.82, 2.24) is 14.3 Å². The van der Waals surface area contributed by atoms with Crippen LogP contribution in [0.5, 0.6) is 0 Å². The van der Waals surface area contributed by atoms with Crippen molar-refractivity contribution >= 4 is 38.6 Å². The van der Waals surface area contributed by atoms with E-state index in [1.54, 1.807) is 6.92 Å². The molecule has 1 fully saturated rings. The molecular weight excluding hydrogens is 342 g/mol. The molecule has 1 aliphatic heterocycles. The number of hydrogen-bond acceptors (Lipinski definition) is 4. The van der Waals surface area contributed by atoms with Crippen LogP contribution in [-0.4, -0.2) is 46.4 Å². The molecule has 7 nitrogen and oxygen atoms in total. The number of pyridine rings is 1. The van der Waals surface area contributed by atoms with Gasteiger partial charge >= 0.3 is 5.97 Å². The van der Waals surface area contributed by atoms with E-state index in [1.165, 1.54) is 22.8 Å². The first-order valence-corrected chi connectivity index (χ1v) is 9.02. The fourth-order valence-corrected chi connectivity index (χ4v) is 5.28. The van der Waals surface area contributed by atoms with Crippen LogP contribution in [-0.2, 0) is 14.8 Å². The maximum Gasteiger partial charge on any atom is 0.308 e. The number of sulfonamides is 1. The van der Waals surface area contributed by atoms with Crippen molar-refractivity contribution in [2.24, 2.45) is 5.92 Å². The smallest absolute Gasteiger partial charge is 0.308 e. The Morgan fingerprint density at radius 3 is 2.96 bits per heavy atom. The minimum absolute atomic E-state index is 0.0310. The fraction of sp³-hybridized carbons (Fsp3) is 0.429. The highest BCUT2D eigenvalue weighted by Crippen LogP contribution is 2.34. The van der Waals surface area contributed by atoms with E-state index in [9.17, 15) is 18.3 Å². The van der Waals surface area contributed by atoms with E-state index < -0.39 is 28.0 Å². The number of aromatic amines is 1. The Morgan fingerprint density at radius 1 is 1.52 bits per heavy atom. The average molecular weight is 358 g/mol. The Morgan fingerprint density at radius 2 is 2.26 bits per heavy atom. The highest BCUT2D eigenvalue weighted by Gasteiger charge is 2.40. The first-order valence-electron chi connectivity index (χ1n) is 7.20. The second-order valence-corrected chi connectivity index (χ2v) is 7.88. The van der Waals surface area contributed by atoms with Crippen molar-refractivity contribution in [3.05, 3.63) is 23.5 Å². The van der Waals surface area contributed by atoms with Gasteiger partial charge in [0.15, 0.2) is 0 Å². The zero-order chi connectivity index (χ0) is 16.8. The molecule has 2 atom stereocenters. The van der Waals surface area contributed by atoms with Crippen molar-refractivity contribution < 1.29 is 18.3 Å². The second kappa shape index (κ2) is 5.77. The number of H-pyrrole nitrogens is 1. The number of rotatable bonds is 3. The summed E-state index contributed by atoms with van der Waals surface area (Å²) in [7, 11) is -3.87. The molecule has 0 radical (unpaired) electrons. The quantitative estimate of drug-likeness (QED) is 0.875. The van der Waals surface area contributed by atoms with Crippen LogP contribution in [0.15, 0.2) is 23.4 Å². The molecule has 0 bridgehead atoms. The third kappa shape index (κ3) is 2.60. The van der Waals surface area contributed by atoms with Gasteiger partial charge in [0, 0.05) is 25.0 Å². The number of carboxylic acids is 1. The predicted octanol–water partition coefficient (Wildman–Crippen LogP) is 2.09. The van der Waals surface area contributed by atoms with Gasteiger partial charge < -0.3 is 10.1 Å². The van der Waals surface area contributed by atoms with Crippen LogP contribution < -0.4 is 0 Å². The normalized spacial score (nSPS) is 23.2. The summed E-state index contributed by atoms with van der Waals surface area (Å²) >= 11 is 6.13. The van der Waals surface area contributed by atoms with Gasteiger partial charge in [-0.05, 0) is 25.8 Å². The van der Waals surface area contributed by atoms with Gasteiger partial charge in [-0.25, -0.2) is 13.4 Å². The Labute approximate surface area is 138 Å². The van der Waals surface area contributed by atoms with Crippen molar-refractivity contribution in [1.29, 1.82) is 0 Å². The summed E-state index contributed by atoms with van der Waals surface area (Å²) in [6.07, 6.45) is 3.82.